The molecule has 0 bridgehead atoms. The van der Waals surface area contributed by atoms with Crippen LogP contribution >= 0.6 is 34.3 Å². The maximum absolute atomic E-state index is 12.0. The van der Waals surface area contributed by atoms with Crippen LogP contribution in [0.15, 0.2) is 41.8 Å². The van der Waals surface area contributed by atoms with E-state index in [2.05, 4.69) is 10.3 Å². The summed E-state index contributed by atoms with van der Waals surface area (Å²) in [5.74, 6) is -0.0528. The quantitative estimate of drug-likeness (QED) is 0.741. The Balaban J connectivity index is 1.78. The van der Waals surface area contributed by atoms with Gasteiger partial charge in [-0.2, -0.15) is 0 Å². The first-order valence-electron chi connectivity index (χ1n) is 5.93. The smallest absolute Gasteiger partial charge is 0.267 e. The molecule has 3 aromatic rings. The van der Waals surface area contributed by atoms with Gasteiger partial charge < -0.3 is 5.11 Å². The maximum atomic E-state index is 12.0. The Hall–Kier alpha value is -1.89. The Morgan fingerprint density at radius 3 is 2.86 bits per heavy atom. The zero-order chi connectivity index (χ0) is 14.8. The van der Waals surface area contributed by atoms with E-state index in [0.717, 1.165) is 5.56 Å². The Labute approximate surface area is 133 Å². The van der Waals surface area contributed by atoms with Crippen molar-refractivity contribution in [1.29, 1.82) is 0 Å². The molecule has 0 spiro atoms. The van der Waals surface area contributed by atoms with Crippen molar-refractivity contribution in [2.24, 2.45) is 0 Å². The summed E-state index contributed by atoms with van der Waals surface area (Å²) in [6, 6.07) is 10.2. The van der Waals surface area contributed by atoms with Crippen LogP contribution in [-0.2, 0) is 0 Å². The van der Waals surface area contributed by atoms with Gasteiger partial charge in [0.2, 0.25) is 0 Å². The number of hydrogen-bond donors (Lipinski definition) is 2. The van der Waals surface area contributed by atoms with Crippen molar-refractivity contribution in [3.63, 3.8) is 0 Å². The number of benzene rings is 1. The normalized spacial score (nSPS) is 10.5. The summed E-state index contributed by atoms with van der Waals surface area (Å²) in [6.45, 7) is 0. The molecule has 0 radical (unpaired) electrons. The zero-order valence-corrected chi connectivity index (χ0v) is 12.9. The Morgan fingerprint density at radius 2 is 2.14 bits per heavy atom. The number of anilines is 1. The van der Waals surface area contributed by atoms with Crippen molar-refractivity contribution in [1.82, 2.24) is 4.98 Å². The molecule has 3 rings (SSSR count). The predicted octanol–water partition coefficient (Wildman–Crippen LogP) is 4.48. The molecule has 2 aromatic heterocycles. The maximum Gasteiger partial charge on any atom is 0.267 e. The van der Waals surface area contributed by atoms with Crippen LogP contribution in [0, 0.1) is 0 Å². The summed E-state index contributed by atoms with van der Waals surface area (Å²) in [5, 5.41) is 14.5. The van der Waals surface area contributed by atoms with Crippen molar-refractivity contribution < 1.29 is 9.90 Å². The first-order valence-corrected chi connectivity index (χ1v) is 8.01. The molecular formula is C14H9ClN2O2S2. The molecule has 0 aliphatic carbocycles. The fourth-order valence-corrected chi connectivity index (χ4v) is 3.38. The van der Waals surface area contributed by atoms with Crippen LogP contribution in [0.2, 0.25) is 4.34 Å². The number of nitrogens with one attached hydrogen (secondary N) is 1. The van der Waals surface area contributed by atoms with Crippen molar-refractivity contribution in [2.75, 3.05) is 5.32 Å². The summed E-state index contributed by atoms with van der Waals surface area (Å²) in [7, 11) is 0. The van der Waals surface area contributed by atoms with Crippen LogP contribution in [0.3, 0.4) is 0 Å². The SMILES string of the molecule is O=C(Nc1nc(-c2cccc(O)c2)cs1)c1ccc(Cl)s1. The number of phenolic OH excluding ortho intramolecular Hbond substituents is 1. The summed E-state index contributed by atoms with van der Waals surface area (Å²) < 4.78 is 0.569. The van der Waals surface area contributed by atoms with Crippen LogP contribution in [-0.4, -0.2) is 16.0 Å². The second kappa shape index (κ2) is 5.85. The fraction of sp³-hybridized carbons (Fsp3) is 0. The molecule has 0 unspecified atom stereocenters. The molecule has 1 aromatic carbocycles. The zero-order valence-electron chi connectivity index (χ0n) is 10.5. The van der Waals surface area contributed by atoms with Crippen LogP contribution < -0.4 is 5.32 Å². The molecular weight excluding hydrogens is 328 g/mol. The molecule has 2 heterocycles. The second-order valence-electron chi connectivity index (χ2n) is 4.15. The molecule has 1 amide bonds. The molecule has 0 saturated carbocycles. The van der Waals surface area contributed by atoms with Gasteiger partial charge in [0.25, 0.3) is 5.91 Å². The van der Waals surface area contributed by atoms with Gasteiger partial charge in [-0.1, -0.05) is 23.7 Å². The van der Waals surface area contributed by atoms with Crippen molar-refractivity contribution in [3.05, 3.63) is 51.0 Å². The number of aromatic hydroxyl groups is 1. The number of thiazole rings is 1. The Morgan fingerprint density at radius 1 is 1.29 bits per heavy atom. The summed E-state index contributed by atoms with van der Waals surface area (Å²) in [6.07, 6.45) is 0. The molecule has 0 saturated heterocycles. The first-order chi connectivity index (χ1) is 10.1. The number of phenols is 1. The van der Waals surface area contributed by atoms with Crippen LogP contribution in [0.4, 0.5) is 5.13 Å². The van der Waals surface area contributed by atoms with Gasteiger partial charge in [-0.25, -0.2) is 4.98 Å². The van der Waals surface area contributed by atoms with Crippen LogP contribution in [0.5, 0.6) is 5.75 Å². The largest absolute Gasteiger partial charge is 0.508 e. The highest BCUT2D eigenvalue weighted by molar-refractivity contribution is 7.18. The third-order valence-electron chi connectivity index (χ3n) is 2.66. The average Bonchev–Trinajstić information content (AvgIpc) is 3.08. The highest BCUT2D eigenvalue weighted by Gasteiger charge is 2.12. The molecule has 4 nitrogen and oxygen atoms in total. The van der Waals surface area contributed by atoms with E-state index in [-0.39, 0.29) is 11.7 Å². The minimum atomic E-state index is -0.233. The minimum Gasteiger partial charge on any atom is -0.508 e. The number of thiophene rings is 1. The second-order valence-corrected chi connectivity index (χ2v) is 6.72. The van der Waals surface area contributed by atoms with E-state index in [0.29, 0.717) is 20.0 Å². The molecule has 2 N–H and O–H groups in total. The summed E-state index contributed by atoms with van der Waals surface area (Å²) >= 11 is 8.35. The molecule has 0 aliphatic rings. The predicted molar refractivity (Wildman–Crippen MR) is 86.5 cm³/mol. The first kappa shape index (κ1) is 14.1. The molecule has 106 valence electrons. The van der Waals surface area contributed by atoms with Crippen molar-refractivity contribution in [2.45, 2.75) is 0 Å². The van der Waals surface area contributed by atoms with E-state index in [1.54, 1.807) is 30.3 Å². The molecule has 0 atom stereocenters. The number of carbonyl (C=O) groups is 1. The summed E-state index contributed by atoms with van der Waals surface area (Å²) in [5.41, 5.74) is 1.50. The Bertz CT molecular complexity index is 798. The van der Waals surface area contributed by atoms with Gasteiger partial charge in [0.05, 0.1) is 14.9 Å². The fourth-order valence-electron chi connectivity index (χ4n) is 1.72. The molecule has 0 aliphatic heterocycles. The van der Waals surface area contributed by atoms with E-state index in [4.69, 9.17) is 11.6 Å². The van der Waals surface area contributed by atoms with E-state index in [1.807, 2.05) is 11.4 Å². The van der Waals surface area contributed by atoms with E-state index >= 15 is 0 Å². The molecule has 0 fully saturated rings. The summed E-state index contributed by atoms with van der Waals surface area (Å²) in [4.78, 5) is 16.9. The highest BCUT2D eigenvalue weighted by Crippen LogP contribution is 2.28. The van der Waals surface area contributed by atoms with E-state index in [1.165, 1.54) is 22.7 Å². The van der Waals surface area contributed by atoms with E-state index in [9.17, 15) is 9.90 Å². The highest BCUT2D eigenvalue weighted by atomic mass is 35.5. The molecule has 21 heavy (non-hydrogen) atoms. The monoisotopic (exact) mass is 336 g/mol. The van der Waals surface area contributed by atoms with Crippen LogP contribution in [0.1, 0.15) is 9.67 Å². The Kier molecular flexibility index (Phi) is 3.92. The number of hydrogen-bond acceptors (Lipinski definition) is 5. The van der Waals surface area contributed by atoms with Crippen molar-refractivity contribution in [3.8, 4) is 17.0 Å². The van der Waals surface area contributed by atoms with Gasteiger partial charge in [0.1, 0.15) is 5.75 Å². The lowest BCUT2D eigenvalue weighted by molar-refractivity contribution is 0.103. The standard InChI is InChI=1S/C14H9ClN2O2S2/c15-12-5-4-11(21-12)13(19)17-14-16-10(7-20-14)8-2-1-3-9(18)6-8/h1-7,18H,(H,16,17,19). The number of amides is 1. The number of carbonyl (C=O) groups excluding carboxylic acids is 1. The third kappa shape index (κ3) is 3.24. The number of aromatic nitrogens is 1. The average molecular weight is 337 g/mol. The lowest BCUT2D eigenvalue weighted by Crippen LogP contribution is -2.09. The van der Waals surface area contributed by atoms with Gasteiger partial charge >= 0.3 is 0 Å². The minimum absolute atomic E-state index is 0.180. The topological polar surface area (TPSA) is 62.2 Å². The van der Waals surface area contributed by atoms with Gasteiger partial charge in [-0.05, 0) is 24.3 Å². The van der Waals surface area contributed by atoms with Crippen LogP contribution in [0.25, 0.3) is 11.3 Å². The van der Waals surface area contributed by atoms with E-state index < -0.39 is 0 Å². The number of halogens is 1. The number of rotatable bonds is 3. The molecule has 7 heteroatoms. The van der Waals surface area contributed by atoms with Crippen molar-refractivity contribution >= 4 is 45.3 Å². The van der Waals surface area contributed by atoms with Gasteiger partial charge in [-0.15, -0.1) is 22.7 Å². The third-order valence-corrected chi connectivity index (χ3v) is 4.65. The lowest BCUT2D eigenvalue weighted by atomic mass is 10.2. The lowest BCUT2D eigenvalue weighted by Gasteiger charge is -1.99. The van der Waals surface area contributed by atoms with Gasteiger partial charge in [0, 0.05) is 10.9 Å². The van der Waals surface area contributed by atoms with Gasteiger partial charge in [0.15, 0.2) is 5.13 Å². The number of nitrogens with zero attached hydrogens (tertiary/aromatic N) is 1. The van der Waals surface area contributed by atoms with Gasteiger partial charge in [-0.3, -0.25) is 10.1 Å².